The van der Waals surface area contributed by atoms with Gasteiger partial charge in [-0.3, -0.25) is 19.4 Å². The van der Waals surface area contributed by atoms with E-state index in [0.29, 0.717) is 11.1 Å². The first kappa shape index (κ1) is 31.4. The highest BCUT2D eigenvalue weighted by molar-refractivity contribution is 5.92. The molecule has 0 saturated carbocycles. The summed E-state index contributed by atoms with van der Waals surface area (Å²) in [5.41, 5.74) is 17.8. The molecule has 3 amide bonds. The zero-order chi connectivity index (χ0) is 29.7. The van der Waals surface area contributed by atoms with Crippen LogP contribution in [0.15, 0.2) is 53.5 Å². The van der Waals surface area contributed by atoms with E-state index in [1.54, 1.807) is 12.1 Å². The number of carbonyl (C=O) groups is 4. The van der Waals surface area contributed by atoms with Gasteiger partial charge in [0, 0.05) is 13.0 Å². The highest BCUT2D eigenvalue weighted by atomic mass is 16.4. The number of hydrogen-bond donors (Lipinski definition) is 9. The third kappa shape index (κ3) is 11.3. The lowest BCUT2D eigenvalue weighted by atomic mass is 10.0. The van der Waals surface area contributed by atoms with Gasteiger partial charge in [-0.15, -0.1) is 0 Å². The Balaban J connectivity index is 1.99. The number of aromatic hydroxyl groups is 2. The summed E-state index contributed by atoms with van der Waals surface area (Å²) in [6.07, 6.45) is 0.468. The SMILES string of the molecule is NC(N)=NCCCC(NC(=O)CNC(=O)C(N)Cc1ccc(O)cc1)C(=O)NC(Cc1ccc(O)cc1)C(=O)O. The quantitative estimate of drug-likeness (QED) is 0.0690. The minimum absolute atomic E-state index is 0.0108. The number of nitrogens with one attached hydrogen (secondary N) is 3. The van der Waals surface area contributed by atoms with Gasteiger partial charge in [-0.25, -0.2) is 4.79 Å². The zero-order valence-corrected chi connectivity index (χ0v) is 21.7. The Kier molecular flexibility index (Phi) is 12.2. The van der Waals surface area contributed by atoms with Gasteiger partial charge in [-0.1, -0.05) is 24.3 Å². The number of guanidine groups is 1. The number of aliphatic imine (C=N–C) groups is 1. The summed E-state index contributed by atoms with van der Waals surface area (Å²) in [6, 6.07) is 8.59. The molecule has 0 spiro atoms. The first-order chi connectivity index (χ1) is 18.9. The molecule has 0 aliphatic rings. The number of nitrogens with two attached hydrogens (primary N) is 3. The number of aliphatic carboxylic acids is 1. The number of benzene rings is 2. The van der Waals surface area contributed by atoms with Gasteiger partial charge >= 0.3 is 5.97 Å². The molecule has 0 fully saturated rings. The number of carboxylic acid groups (broad SMARTS) is 1. The van der Waals surface area contributed by atoms with E-state index < -0.39 is 48.4 Å². The van der Waals surface area contributed by atoms with E-state index in [0.717, 1.165) is 0 Å². The number of rotatable bonds is 15. The molecule has 0 aromatic heterocycles. The molecule has 3 atom stereocenters. The van der Waals surface area contributed by atoms with Gasteiger partial charge < -0.3 is 48.5 Å². The average molecular weight is 558 g/mol. The summed E-state index contributed by atoms with van der Waals surface area (Å²) in [4.78, 5) is 53.6. The van der Waals surface area contributed by atoms with E-state index in [9.17, 15) is 34.5 Å². The highest BCUT2D eigenvalue weighted by Gasteiger charge is 2.27. The molecule has 2 aromatic carbocycles. The van der Waals surface area contributed by atoms with E-state index in [4.69, 9.17) is 17.2 Å². The second-order valence-electron chi connectivity index (χ2n) is 9.03. The predicted molar refractivity (Wildman–Crippen MR) is 146 cm³/mol. The van der Waals surface area contributed by atoms with Crippen molar-refractivity contribution in [2.24, 2.45) is 22.2 Å². The van der Waals surface area contributed by atoms with Crippen LogP contribution in [0, 0.1) is 0 Å². The first-order valence-electron chi connectivity index (χ1n) is 12.4. The van der Waals surface area contributed by atoms with Crippen molar-refractivity contribution < 1.29 is 34.5 Å². The molecule has 0 aliphatic carbocycles. The second-order valence-corrected chi connectivity index (χ2v) is 9.03. The van der Waals surface area contributed by atoms with Crippen LogP contribution < -0.4 is 33.2 Å². The number of amides is 3. The van der Waals surface area contributed by atoms with Gasteiger partial charge in [-0.05, 0) is 54.7 Å². The van der Waals surface area contributed by atoms with Crippen LogP contribution in [0.4, 0.5) is 0 Å². The summed E-state index contributed by atoms with van der Waals surface area (Å²) in [5, 5.41) is 35.7. The fraction of sp³-hybridized carbons (Fsp3) is 0.346. The molecule has 2 rings (SSSR count). The molecule has 216 valence electrons. The molecule has 40 heavy (non-hydrogen) atoms. The van der Waals surface area contributed by atoms with Crippen LogP contribution in [0.1, 0.15) is 24.0 Å². The van der Waals surface area contributed by atoms with Crippen LogP contribution >= 0.6 is 0 Å². The fourth-order valence-electron chi connectivity index (χ4n) is 3.64. The van der Waals surface area contributed by atoms with E-state index in [-0.39, 0.29) is 49.7 Å². The van der Waals surface area contributed by atoms with E-state index >= 15 is 0 Å². The van der Waals surface area contributed by atoms with Crippen molar-refractivity contribution in [1.29, 1.82) is 0 Å². The fourth-order valence-corrected chi connectivity index (χ4v) is 3.64. The number of nitrogens with zero attached hydrogens (tertiary/aromatic N) is 1. The maximum Gasteiger partial charge on any atom is 0.326 e. The summed E-state index contributed by atoms with van der Waals surface area (Å²) >= 11 is 0. The van der Waals surface area contributed by atoms with Crippen molar-refractivity contribution in [3.8, 4) is 11.5 Å². The lowest BCUT2D eigenvalue weighted by Crippen LogP contribution is -2.54. The Morgan fingerprint density at radius 2 is 1.35 bits per heavy atom. The van der Waals surface area contributed by atoms with E-state index in [2.05, 4.69) is 20.9 Å². The van der Waals surface area contributed by atoms with Gasteiger partial charge in [0.15, 0.2) is 5.96 Å². The predicted octanol–water partition coefficient (Wildman–Crippen LogP) is -1.57. The average Bonchev–Trinajstić information content (AvgIpc) is 2.90. The molecule has 0 bridgehead atoms. The van der Waals surface area contributed by atoms with Crippen LogP contribution in [-0.2, 0) is 32.0 Å². The number of carboxylic acids is 1. The van der Waals surface area contributed by atoms with E-state index in [1.165, 1.54) is 36.4 Å². The number of phenols is 2. The molecule has 0 radical (unpaired) electrons. The Hall–Kier alpha value is -4.85. The Bertz CT molecular complexity index is 1180. The highest BCUT2D eigenvalue weighted by Crippen LogP contribution is 2.12. The van der Waals surface area contributed by atoms with Gasteiger partial charge in [0.1, 0.15) is 23.6 Å². The number of phenolic OH excluding ortho intramolecular Hbond substituents is 2. The van der Waals surface area contributed by atoms with Gasteiger partial charge in [0.05, 0.1) is 12.6 Å². The smallest absolute Gasteiger partial charge is 0.326 e. The Morgan fingerprint density at radius 1 is 0.800 bits per heavy atom. The lowest BCUT2D eigenvalue weighted by molar-refractivity contribution is -0.142. The topological polar surface area (TPSA) is 255 Å². The molecular weight excluding hydrogens is 522 g/mol. The lowest BCUT2D eigenvalue weighted by Gasteiger charge is -2.22. The minimum Gasteiger partial charge on any atom is -0.508 e. The maximum absolute atomic E-state index is 13.0. The number of carbonyl (C=O) groups excluding carboxylic acids is 3. The Labute approximate surface area is 230 Å². The van der Waals surface area contributed by atoms with Crippen molar-refractivity contribution in [3.05, 3.63) is 59.7 Å². The van der Waals surface area contributed by atoms with Crippen LogP contribution in [-0.4, -0.2) is 76.2 Å². The molecule has 2 aromatic rings. The van der Waals surface area contributed by atoms with Crippen molar-refractivity contribution in [2.75, 3.05) is 13.1 Å². The second kappa shape index (κ2) is 15.5. The molecule has 3 unspecified atom stereocenters. The summed E-state index contributed by atoms with van der Waals surface area (Å²) in [6.45, 7) is -0.309. The van der Waals surface area contributed by atoms with Gasteiger partial charge in [0.25, 0.3) is 0 Å². The van der Waals surface area contributed by atoms with Crippen LogP contribution in [0.25, 0.3) is 0 Å². The molecule has 0 saturated heterocycles. The Morgan fingerprint density at radius 3 is 1.88 bits per heavy atom. The normalized spacial score (nSPS) is 12.8. The van der Waals surface area contributed by atoms with Crippen molar-refractivity contribution >= 4 is 29.7 Å². The molecule has 0 aliphatic heterocycles. The van der Waals surface area contributed by atoms with Gasteiger partial charge in [-0.2, -0.15) is 0 Å². The molecule has 14 nitrogen and oxygen atoms in total. The van der Waals surface area contributed by atoms with Gasteiger partial charge in [0.2, 0.25) is 17.7 Å². The minimum atomic E-state index is -1.31. The third-order valence-corrected chi connectivity index (χ3v) is 5.74. The van der Waals surface area contributed by atoms with Crippen molar-refractivity contribution in [1.82, 2.24) is 16.0 Å². The third-order valence-electron chi connectivity index (χ3n) is 5.74. The largest absolute Gasteiger partial charge is 0.508 e. The first-order valence-corrected chi connectivity index (χ1v) is 12.4. The summed E-state index contributed by atoms with van der Waals surface area (Å²) < 4.78 is 0. The number of hydrogen-bond acceptors (Lipinski definition) is 8. The molecular formula is C26H35N7O7. The van der Waals surface area contributed by atoms with Crippen LogP contribution in [0.3, 0.4) is 0 Å². The maximum atomic E-state index is 13.0. The molecule has 12 N–H and O–H groups in total. The zero-order valence-electron chi connectivity index (χ0n) is 21.7. The van der Waals surface area contributed by atoms with Crippen molar-refractivity contribution in [3.63, 3.8) is 0 Å². The summed E-state index contributed by atoms with van der Waals surface area (Å²) in [5.74, 6) is -3.39. The van der Waals surface area contributed by atoms with E-state index in [1.807, 2.05) is 0 Å². The van der Waals surface area contributed by atoms with Crippen LogP contribution in [0.2, 0.25) is 0 Å². The monoisotopic (exact) mass is 557 g/mol. The standard InChI is InChI=1S/C26H35N7O7/c27-19(12-15-3-7-17(34)8-4-15)23(37)31-14-22(36)32-20(2-1-11-30-26(28)29)24(38)33-21(25(39)40)13-16-5-9-18(35)10-6-16/h3-10,19-21,34-35H,1-2,11-14,27H2,(H,31,37)(H,32,36)(H,33,38)(H,39,40)(H4,28,29,30). The van der Waals surface area contributed by atoms with Crippen molar-refractivity contribution in [2.45, 2.75) is 43.8 Å². The van der Waals surface area contributed by atoms with Crippen LogP contribution in [0.5, 0.6) is 11.5 Å². The summed E-state index contributed by atoms with van der Waals surface area (Å²) in [7, 11) is 0. The molecule has 0 heterocycles. The molecule has 14 heteroatoms.